The minimum absolute atomic E-state index is 0.184. The lowest BCUT2D eigenvalue weighted by molar-refractivity contribution is -0.110. The first-order chi connectivity index (χ1) is 5.81. The van der Waals surface area contributed by atoms with Gasteiger partial charge in [0.2, 0.25) is 0 Å². The van der Waals surface area contributed by atoms with Gasteiger partial charge in [-0.15, -0.1) is 6.58 Å². The van der Waals surface area contributed by atoms with Gasteiger partial charge in [-0.1, -0.05) is 12.2 Å². The molecule has 1 N–H and O–H groups in total. The van der Waals surface area contributed by atoms with Crippen LogP contribution in [-0.2, 0) is 4.79 Å². The lowest BCUT2D eigenvalue weighted by Gasteiger charge is -1.87. The van der Waals surface area contributed by atoms with Gasteiger partial charge in [0.25, 0.3) is 0 Å². The highest BCUT2D eigenvalue weighted by Gasteiger charge is 1.86. The van der Waals surface area contributed by atoms with Gasteiger partial charge in [-0.05, 0) is 25.3 Å². The van der Waals surface area contributed by atoms with E-state index in [1.165, 1.54) is 6.08 Å². The van der Waals surface area contributed by atoms with Crippen LogP contribution in [-0.4, -0.2) is 10.9 Å². The fourth-order valence-corrected chi connectivity index (χ4v) is 0.709. The predicted octanol–water partition coefficient (Wildman–Crippen LogP) is 2.54. The lowest BCUT2D eigenvalue weighted by Crippen LogP contribution is -1.83. The van der Waals surface area contributed by atoms with Crippen molar-refractivity contribution in [3.05, 3.63) is 37.1 Å². The minimum atomic E-state index is -0.184. The molecule has 0 aromatic rings. The minimum Gasteiger partial charge on any atom is -0.515 e. The van der Waals surface area contributed by atoms with E-state index >= 15 is 0 Å². The molecule has 0 radical (unpaired) electrons. The molecule has 0 saturated carbocycles. The Morgan fingerprint density at radius 2 is 2.08 bits per heavy atom. The second-order valence-electron chi connectivity index (χ2n) is 2.34. The second kappa shape index (κ2) is 7.79. The Bertz CT molecular complexity index is 190. The van der Waals surface area contributed by atoms with Crippen molar-refractivity contribution in [2.75, 3.05) is 0 Å². The molecule has 12 heavy (non-hydrogen) atoms. The fraction of sp³-hybridized carbons (Fsp3) is 0.300. The number of unbranched alkanes of at least 4 members (excludes halogenated alkanes) is 2. The number of hydrogen-bond donors (Lipinski definition) is 1. The molecule has 2 heteroatoms. The summed E-state index contributed by atoms with van der Waals surface area (Å²) in [6.45, 7) is 3.59. The molecule has 0 bridgehead atoms. The summed E-state index contributed by atoms with van der Waals surface area (Å²) in [5.74, 6) is -0.184. The molecule has 0 rings (SSSR count). The molecule has 0 amide bonds. The molecule has 0 saturated heterocycles. The maximum atomic E-state index is 10.7. The fourth-order valence-electron chi connectivity index (χ4n) is 0.709. The van der Waals surface area contributed by atoms with E-state index in [4.69, 9.17) is 5.11 Å². The van der Waals surface area contributed by atoms with Crippen LogP contribution in [0.5, 0.6) is 0 Å². The second-order valence-corrected chi connectivity index (χ2v) is 2.34. The number of rotatable bonds is 6. The van der Waals surface area contributed by atoms with Gasteiger partial charge in [-0.3, -0.25) is 4.79 Å². The van der Waals surface area contributed by atoms with Crippen LogP contribution in [0.4, 0.5) is 0 Å². The first-order valence-electron chi connectivity index (χ1n) is 3.93. The summed E-state index contributed by atoms with van der Waals surface area (Å²) in [5, 5.41) is 8.23. The Balaban J connectivity index is 3.47. The summed E-state index contributed by atoms with van der Waals surface area (Å²) in [5.41, 5.74) is 0. The smallest absolute Gasteiger partial charge is 0.181 e. The monoisotopic (exact) mass is 166 g/mol. The maximum absolute atomic E-state index is 10.7. The van der Waals surface area contributed by atoms with E-state index in [2.05, 4.69) is 6.58 Å². The Hall–Kier alpha value is -1.31. The van der Waals surface area contributed by atoms with Crippen molar-refractivity contribution in [1.29, 1.82) is 0 Å². The van der Waals surface area contributed by atoms with Crippen LogP contribution in [0.25, 0.3) is 0 Å². The van der Waals surface area contributed by atoms with Crippen LogP contribution in [0.15, 0.2) is 37.1 Å². The Labute approximate surface area is 72.9 Å². The van der Waals surface area contributed by atoms with E-state index in [-0.39, 0.29) is 5.78 Å². The highest BCUT2D eigenvalue weighted by atomic mass is 16.2. The number of aliphatic hydroxyl groups excluding tert-OH is 1. The van der Waals surface area contributed by atoms with Crippen molar-refractivity contribution >= 4 is 5.78 Å². The quantitative estimate of drug-likeness (QED) is 0.285. The van der Waals surface area contributed by atoms with Crippen molar-refractivity contribution < 1.29 is 9.90 Å². The van der Waals surface area contributed by atoms with Crippen LogP contribution in [0.3, 0.4) is 0 Å². The van der Waals surface area contributed by atoms with Crippen molar-refractivity contribution in [2.45, 2.75) is 19.3 Å². The van der Waals surface area contributed by atoms with Crippen molar-refractivity contribution in [3.8, 4) is 0 Å². The van der Waals surface area contributed by atoms with E-state index in [0.717, 1.165) is 31.6 Å². The number of allylic oxidation sites excluding steroid dienone is 4. The zero-order chi connectivity index (χ0) is 9.23. The number of ketones is 1. The molecule has 0 aliphatic heterocycles. The highest BCUT2D eigenvalue weighted by Crippen LogP contribution is 1.96. The van der Waals surface area contributed by atoms with Gasteiger partial charge < -0.3 is 5.11 Å². The first kappa shape index (κ1) is 10.7. The third-order valence-electron chi connectivity index (χ3n) is 1.30. The van der Waals surface area contributed by atoms with Crippen LogP contribution < -0.4 is 0 Å². The molecule has 66 valence electrons. The standard InChI is InChI=1S/C10H14O2/c1-2-3-4-5-6-7-10(12)8-9-11/h2,6-9,11H,1,3-5H2/b7-6-,9-8?. The Morgan fingerprint density at radius 1 is 1.33 bits per heavy atom. The van der Waals surface area contributed by atoms with E-state index in [9.17, 15) is 4.79 Å². The van der Waals surface area contributed by atoms with Crippen LogP contribution >= 0.6 is 0 Å². The van der Waals surface area contributed by atoms with Crippen LogP contribution in [0.1, 0.15) is 19.3 Å². The van der Waals surface area contributed by atoms with Gasteiger partial charge in [-0.2, -0.15) is 0 Å². The SMILES string of the molecule is C=CCCC/C=C\C(=O)C=CO. The highest BCUT2D eigenvalue weighted by molar-refractivity contribution is 5.98. The van der Waals surface area contributed by atoms with Crippen LogP contribution in [0.2, 0.25) is 0 Å². The normalized spacial score (nSPS) is 11.0. The van der Waals surface area contributed by atoms with Gasteiger partial charge in [0.15, 0.2) is 5.78 Å². The average molecular weight is 166 g/mol. The molecule has 0 fully saturated rings. The Kier molecular flexibility index (Phi) is 6.94. The zero-order valence-electron chi connectivity index (χ0n) is 7.07. The number of hydrogen-bond acceptors (Lipinski definition) is 2. The van der Waals surface area contributed by atoms with Crippen molar-refractivity contribution in [3.63, 3.8) is 0 Å². The molecule has 0 atom stereocenters. The van der Waals surface area contributed by atoms with Crippen molar-refractivity contribution in [2.24, 2.45) is 0 Å². The van der Waals surface area contributed by atoms with Crippen LogP contribution in [0, 0.1) is 0 Å². The maximum Gasteiger partial charge on any atom is 0.181 e. The molecule has 0 aliphatic carbocycles. The van der Waals surface area contributed by atoms with Crippen molar-refractivity contribution in [1.82, 2.24) is 0 Å². The summed E-state index contributed by atoms with van der Waals surface area (Å²) in [4.78, 5) is 10.7. The summed E-state index contributed by atoms with van der Waals surface area (Å²) in [6.07, 6.45) is 9.81. The number of aliphatic hydroxyl groups is 1. The summed E-state index contributed by atoms with van der Waals surface area (Å²) in [6, 6.07) is 0. The molecule has 0 unspecified atom stereocenters. The molecule has 0 heterocycles. The topological polar surface area (TPSA) is 37.3 Å². The molecular formula is C10H14O2. The summed E-state index contributed by atoms with van der Waals surface area (Å²) < 4.78 is 0. The average Bonchev–Trinajstić information content (AvgIpc) is 2.05. The first-order valence-corrected chi connectivity index (χ1v) is 3.93. The molecule has 0 aromatic heterocycles. The zero-order valence-corrected chi connectivity index (χ0v) is 7.07. The molecule has 0 aliphatic rings. The van der Waals surface area contributed by atoms with Gasteiger partial charge in [0.05, 0.1) is 6.26 Å². The predicted molar refractivity (Wildman–Crippen MR) is 50.0 cm³/mol. The molecule has 0 spiro atoms. The van der Waals surface area contributed by atoms with Gasteiger partial charge in [0.1, 0.15) is 0 Å². The lowest BCUT2D eigenvalue weighted by atomic mass is 10.2. The number of carbonyl (C=O) groups is 1. The van der Waals surface area contributed by atoms with Gasteiger partial charge in [-0.25, -0.2) is 0 Å². The summed E-state index contributed by atoms with van der Waals surface area (Å²) >= 11 is 0. The van der Waals surface area contributed by atoms with E-state index < -0.39 is 0 Å². The molecule has 0 aromatic carbocycles. The third kappa shape index (κ3) is 6.81. The third-order valence-corrected chi connectivity index (χ3v) is 1.30. The summed E-state index contributed by atoms with van der Waals surface area (Å²) in [7, 11) is 0. The van der Waals surface area contributed by atoms with Gasteiger partial charge >= 0.3 is 0 Å². The van der Waals surface area contributed by atoms with Gasteiger partial charge in [0, 0.05) is 6.08 Å². The largest absolute Gasteiger partial charge is 0.515 e. The van der Waals surface area contributed by atoms with E-state index in [1.54, 1.807) is 6.08 Å². The van der Waals surface area contributed by atoms with E-state index in [0.29, 0.717) is 0 Å². The van der Waals surface area contributed by atoms with E-state index in [1.807, 2.05) is 6.08 Å². The molecular weight excluding hydrogens is 152 g/mol. The number of carbonyl (C=O) groups excluding carboxylic acids is 1. The Morgan fingerprint density at radius 3 is 2.67 bits per heavy atom. The molecule has 2 nitrogen and oxygen atoms in total.